The number of carbonyl (C=O) groups is 3. The number of allylic oxidation sites excluding steroid dienone is 1. The maximum absolute atomic E-state index is 11.4. The molecule has 0 aliphatic carbocycles. The van der Waals surface area contributed by atoms with E-state index in [0.717, 1.165) is 6.42 Å². The van der Waals surface area contributed by atoms with Gasteiger partial charge in [0.1, 0.15) is 18.8 Å². The van der Waals surface area contributed by atoms with Crippen LogP contribution in [0.3, 0.4) is 0 Å². The van der Waals surface area contributed by atoms with E-state index in [-0.39, 0.29) is 13.0 Å². The third-order valence-electron chi connectivity index (χ3n) is 3.55. The van der Waals surface area contributed by atoms with Gasteiger partial charge in [0.15, 0.2) is 12.4 Å². The fraction of sp³-hybridized carbons (Fsp3) is 0.722. The second-order valence-corrected chi connectivity index (χ2v) is 5.90. The average molecular weight is 372 g/mol. The SMILES string of the molecule is CC/C=C\CCO[C@@H]1C[C@@H](OC(C)=O)[C@H](OC(C)=O)[C@@H](COC(C)=O)O1. The minimum absolute atomic E-state index is 0.138. The number of hydrogen-bond donors (Lipinski definition) is 0. The number of esters is 3. The number of carbonyl (C=O) groups excluding carboxylic acids is 3. The molecule has 8 heteroatoms. The van der Waals surface area contributed by atoms with Crippen LogP contribution in [0.25, 0.3) is 0 Å². The summed E-state index contributed by atoms with van der Waals surface area (Å²) in [7, 11) is 0. The molecule has 8 nitrogen and oxygen atoms in total. The summed E-state index contributed by atoms with van der Waals surface area (Å²) in [5.74, 6) is -1.55. The Hall–Kier alpha value is -1.93. The van der Waals surface area contributed by atoms with Gasteiger partial charge < -0.3 is 23.7 Å². The van der Waals surface area contributed by atoms with E-state index in [4.69, 9.17) is 23.7 Å². The summed E-state index contributed by atoms with van der Waals surface area (Å²) in [5.41, 5.74) is 0. The second kappa shape index (κ2) is 11.6. The first kappa shape index (κ1) is 22.1. The summed E-state index contributed by atoms with van der Waals surface area (Å²) >= 11 is 0. The van der Waals surface area contributed by atoms with Crippen molar-refractivity contribution in [3.8, 4) is 0 Å². The Labute approximate surface area is 153 Å². The van der Waals surface area contributed by atoms with Crippen LogP contribution < -0.4 is 0 Å². The predicted molar refractivity (Wildman–Crippen MR) is 91.0 cm³/mol. The molecule has 0 spiro atoms. The van der Waals surface area contributed by atoms with Gasteiger partial charge in [0, 0.05) is 27.2 Å². The van der Waals surface area contributed by atoms with E-state index < -0.39 is 42.5 Å². The highest BCUT2D eigenvalue weighted by atomic mass is 16.7. The molecule has 1 fully saturated rings. The second-order valence-electron chi connectivity index (χ2n) is 5.90. The van der Waals surface area contributed by atoms with Gasteiger partial charge in [-0.1, -0.05) is 19.1 Å². The van der Waals surface area contributed by atoms with Crippen molar-refractivity contribution < 1.29 is 38.1 Å². The quantitative estimate of drug-likeness (QED) is 0.262. The van der Waals surface area contributed by atoms with Crippen LogP contribution in [0.4, 0.5) is 0 Å². The molecule has 26 heavy (non-hydrogen) atoms. The molecule has 4 atom stereocenters. The first-order valence-corrected chi connectivity index (χ1v) is 8.73. The molecule has 1 heterocycles. The van der Waals surface area contributed by atoms with Gasteiger partial charge in [-0.3, -0.25) is 14.4 Å². The molecule has 148 valence electrons. The number of rotatable bonds is 9. The zero-order valence-electron chi connectivity index (χ0n) is 15.8. The third-order valence-corrected chi connectivity index (χ3v) is 3.55. The molecule has 0 saturated carbocycles. The molecule has 0 aromatic rings. The van der Waals surface area contributed by atoms with Crippen molar-refractivity contribution in [1.29, 1.82) is 0 Å². The third kappa shape index (κ3) is 8.44. The van der Waals surface area contributed by atoms with E-state index >= 15 is 0 Å². The summed E-state index contributed by atoms with van der Waals surface area (Å²) < 4.78 is 27.0. The van der Waals surface area contributed by atoms with Crippen LogP contribution in [0.15, 0.2) is 12.2 Å². The summed E-state index contributed by atoms with van der Waals surface area (Å²) in [5, 5.41) is 0. The largest absolute Gasteiger partial charge is 0.463 e. The normalized spacial score (nSPS) is 25.7. The summed E-state index contributed by atoms with van der Waals surface area (Å²) in [6.07, 6.45) is 2.83. The van der Waals surface area contributed by atoms with Crippen molar-refractivity contribution in [2.45, 2.75) is 71.6 Å². The van der Waals surface area contributed by atoms with Gasteiger partial charge in [-0.25, -0.2) is 0 Å². The Bertz CT molecular complexity index is 501. The van der Waals surface area contributed by atoms with Crippen molar-refractivity contribution >= 4 is 17.9 Å². The molecule has 0 N–H and O–H groups in total. The Morgan fingerprint density at radius 3 is 2.31 bits per heavy atom. The van der Waals surface area contributed by atoms with Gasteiger partial charge in [-0.15, -0.1) is 0 Å². The van der Waals surface area contributed by atoms with Crippen molar-refractivity contribution in [3.05, 3.63) is 12.2 Å². The lowest BCUT2D eigenvalue weighted by Crippen LogP contribution is -2.54. The van der Waals surface area contributed by atoms with Crippen LogP contribution in [0.1, 0.15) is 47.0 Å². The lowest BCUT2D eigenvalue weighted by Gasteiger charge is -2.39. The van der Waals surface area contributed by atoms with Crippen LogP contribution in [0.5, 0.6) is 0 Å². The molecule has 1 saturated heterocycles. The lowest BCUT2D eigenvalue weighted by atomic mass is 10.0. The molecule has 0 bridgehead atoms. The van der Waals surface area contributed by atoms with E-state index in [9.17, 15) is 14.4 Å². The standard InChI is InChI=1S/C18H28O8/c1-5-6-7-8-9-22-17-10-15(24-13(3)20)18(25-14(4)21)16(26-17)11-23-12(2)19/h6-7,15-18H,5,8-11H2,1-4H3/b7-6-/t15-,16-,17+,18+/m1/s1. The lowest BCUT2D eigenvalue weighted by molar-refractivity contribution is -0.265. The Morgan fingerprint density at radius 2 is 1.73 bits per heavy atom. The van der Waals surface area contributed by atoms with Gasteiger partial charge in [0.25, 0.3) is 0 Å². The fourth-order valence-corrected chi connectivity index (χ4v) is 2.56. The monoisotopic (exact) mass is 372 g/mol. The molecule has 0 aromatic heterocycles. The van der Waals surface area contributed by atoms with Gasteiger partial charge >= 0.3 is 17.9 Å². The summed E-state index contributed by atoms with van der Waals surface area (Å²) in [6, 6.07) is 0. The minimum atomic E-state index is -0.879. The van der Waals surface area contributed by atoms with Crippen LogP contribution in [0, 0.1) is 0 Å². The van der Waals surface area contributed by atoms with E-state index in [1.54, 1.807) is 0 Å². The Balaban J connectivity index is 2.80. The molecule has 0 amide bonds. The van der Waals surface area contributed by atoms with Gasteiger partial charge in [-0.05, 0) is 12.8 Å². The van der Waals surface area contributed by atoms with Crippen molar-refractivity contribution in [3.63, 3.8) is 0 Å². The Morgan fingerprint density at radius 1 is 1.04 bits per heavy atom. The van der Waals surface area contributed by atoms with Crippen LogP contribution in [-0.2, 0) is 38.1 Å². The maximum Gasteiger partial charge on any atom is 0.303 e. The van der Waals surface area contributed by atoms with E-state index in [2.05, 4.69) is 0 Å². The molecular weight excluding hydrogens is 344 g/mol. The molecule has 1 rings (SSSR count). The smallest absolute Gasteiger partial charge is 0.303 e. The predicted octanol–water partition coefficient (Wildman–Crippen LogP) is 1.90. The van der Waals surface area contributed by atoms with Crippen molar-refractivity contribution in [2.24, 2.45) is 0 Å². The molecule has 0 aromatic carbocycles. The molecule has 0 radical (unpaired) electrons. The fourth-order valence-electron chi connectivity index (χ4n) is 2.56. The molecule has 1 aliphatic heterocycles. The van der Waals surface area contributed by atoms with Crippen LogP contribution in [0.2, 0.25) is 0 Å². The summed E-state index contributed by atoms with van der Waals surface area (Å²) in [4.78, 5) is 34.0. The van der Waals surface area contributed by atoms with E-state index in [0.29, 0.717) is 13.0 Å². The highest BCUT2D eigenvalue weighted by molar-refractivity contribution is 5.67. The maximum atomic E-state index is 11.4. The average Bonchev–Trinajstić information content (AvgIpc) is 2.54. The first-order chi connectivity index (χ1) is 12.3. The first-order valence-electron chi connectivity index (χ1n) is 8.73. The molecule has 1 aliphatic rings. The number of hydrogen-bond acceptors (Lipinski definition) is 8. The zero-order valence-corrected chi connectivity index (χ0v) is 15.8. The minimum Gasteiger partial charge on any atom is -0.463 e. The highest BCUT2D eigenvalue weighted by Gasteiger charge is 2.44. The Kier molecular flexibility index (Phi) is 9.90. The topological polar surface area (TPSA) is 97.4 Å². The highest BCUT2D eigenvalue weighted by Crippen LogP contribution is 2.27. The zero-order chi connectivity index (χ0) is 19.5. The van der Waals surface area contributed by atoms with Crippen LogP contribution in [-0.4, -0.2) is 55.7 Å². The number of ether oxygens (including phenoxy) is 5. The van der Waals surface area contributed by atoms with E-state index in [1.165, 1.54) is 20.8 Å². The summed E-state index contributed by atoms with van der Waals surface area (Å²) in [6.45, 7) is 6.11. The van der Waals surface area contributed by atoms with Crippen LogP contribution >= 0.6 is 0 Å². The van der Waals surface area contributed by atoms with Gasteiger partial charge in [0.2, 0.25) is 0 Å². The van der Waals surface area contributed by atoms with Crippen molar-refractivity contribution in [2.75, 3.05) is 13.2 Å². The molecule has 0 unspecified atom stereocenters. The molecular formula is C18H28O8. The van der Waals surface area contributed by atoms with Gasteiger partial charge in [-0.2, -0.15) is 0 Å². The van der Waals surface area contributed by atoms with E-state index in [1.807, 2.05) is 19.1 Å². The van der Waals surface area contributed by atoms with Crippen molar-refractivity contribution in [1.82, 2.24) is 0 Å². The van der Waals surface area contributed by atoms with Gasteiger partial charge in [0.05, 0.1) is 6.61 Å².